The Kier molecular flexibility index (Phi) is 3.92. The lowest BCUT2D eigenvalue weighted by Gasteiger charge is -2.10. The number of hydrogen-bond acceptors (Lipinski definition) is 4. The molecule has 3 N–H and O–H groups in total. The molecule has 2 rings (SSSR count). The molecule has 0 bridgehead atoms. The number of nitrogens with two attached hydrogens (primary N) is 1. The van der Waals surface area contributed by atoms with Crippen LogP contribution in [-0.2, 0) is 0 Å². The first-order chi connectivity index (χ1) is 8.97. The second-order valence-corrected chi connectivity index (χ2v) is 5.10. The fourth-order valence-corrected chi connectivity index (χ4v) is 2.23. The van der Waals surface area contributed by atoms with Crippen molar-refractivity contribution >= 4 is 50.3 Å². The van der Waals surface area contributed by atoms with E-state index < -0.39 is 4.92 Å². The van der Waals surface area contributed by atoms with Crippen LogP contribution in [0.4, 0.5) is 22.7 Å². The van der Waals surface area contributed by atoms with Gasteiger partial charge in [-0.3, -0.25) is 10.1 Å². The van der Waals surface area contributed by atoms with E-state index in [0.717, 1.165) is 4.47 Å². The van der Waals surface area contributed by atoms with Crippen molar-refractivity contribution in [3.05, 3.63) is 56.0 Å². The summed E-state index contributed by atoms with van der Waals surface area (Å²) in [5, 5.41) is 14.2. The summed E-state index contributed by atoms with van der Waals surface area (Å²) in [6.45, 7) is 0. The summed E-state index contributed by atoms with van der Waals surface area (Å²) in [5.74, 6) is 0. The Labute approximate surface area is 122 Å². The SMILES string of the molecule is Nc1cc([N+](=O)[O-])ccc1Nc1ccc(Br)cc1Cl. The van der Waals surface area contributed by atoms with Crippen molar-refractivity contribution in [1.82, 2.24) is 0 Å². The summed E-state index contributed by atoms with van der Waals surface area (Å²) in [6.07, 6.45) is 0. The molecule has 0 spiro atoms. The number of rotatable bonds is 3. The molecule has 0 amide bonds. The Hall–Kier alpha value is -1.79. The summed E-state index contributed by atoms with van der Waals surface area (Å²) >= 11 is 9.38. The molecule has 5 nitrogen and oxygen atoms in total. The van der Waals surface area contributed by atoms with Gasteiger partial charge in [0.1, 0.15) is 0 Å². The number of nitro benzene ring substituents is 1. The third kappa shape index (κ3) is 3.15. The van der Waals surface area contributed by atoms with Crippen molar-refractivity contribution < 1.29 is 4.92 Å². The number of nitrogen functional groups attached to an aromatic ring is 1. The number of non-ortho nitro benzene ring substituents is 1. The fourth-order valence-electron chi connectivity index (χ4n) is 1.51. The van der Waals surface area contributed by atoms with E-state index in [-0.39, 0.29) is 11.4 Å². The Morgan fingerprint density at radius 2 is 1.89 bits per heavy atom. The quantitative estimate of drug-likeness (QED) is 0.494. The van der Waals surface area contributed by atoms with E-state index in [1.54, 1.807) is 18.2 Å². The molecule has 0 aromatic heterocycles. The van der Waals surface area contributed by atoms with Gasteiger partial charge in [0.25, 0.3) is 5.69 Å². The van der Waals surface area contributed by atoms with Crippen LogP contribution < -0.4 is 11.1 Å². The number of halogens is 2. The van der Waals surface area contributed by atoms with E-state index >= 15 is 0 Å². The van der Waals surface area contributed by atoms with E-state index in [1.807, 2.05) is 6.07 Å². The van der Waals surface area contributed by atoms with Crippen molar-refractivity contribution in [3.63, 3.8) is 0 Å². The molecule has 0 unspecified atom stereocenters. The van der Waals surface area contributed by atoms with Gasteiger partial charge >= 0.3 is 0 Å². The van der Waals surface area contributed by atoms with E-state index in [2.05, 4.69) is 21.2 Å². The zero-order chi connectivity index (χ0) is 14.0. The van der Waals surface area contributed by atoms with Crippen LogP contribution in [0, 0.1) is 10.1 Å². The van der Waals surface area contributed by atoms with Crippen molar-refractivity contribution in [2.45, 2.75) is 0 Å². The largest absolute Gasteiger partial charge is 0.397 e. The lowest BCUT2D eigenvalue weighted by atomic mass is 10.2. The molecule has 0 radical (unpaired) electrons. The van der Waals surface area contributed by atoms with Crippen LogP contribution in [0.25, 0.3) is 0 Å². The van der Waals surface area contributed by atoms with Crippen molar-refractivity contribution in [3.8, 4) is 0 Å². The summed E-state index contributed by atoms with van der Waals surface area (Å²) in [6, 6.07) is 9.58. The Morgan fingerprint density at radius 1 is 1.21 bits per heavy atom. The molecular formula is C12H9BrClN3O2. The normalized spacial score (nSPS) is 10.2. The second kappa shape index (κ2) is 5.46. The number of nitro groups is 1. The molecule has 2 aromatic rings. The Balaban J connectivity index is 2.31. The summed E-state index contributed by atoms with van der Waals surface area (Å²) < 4.78 is 0.861. The average molecular weight is 343 g/mol. The van der Waals surface area contributed by atoms with Gasteiger partial charge in [-0.25, -0.2) is 0 Å². The molecule has 19 heavy (non-hydrogen) atoms. The van der Waals surface area contributed by atoms with Gasteiger partial charge in [0, 0.05) is 16.6 Å². The summed E-state index contributed by atoms with van der Waals surface area (Å²) in [5.41, 5.74) is 7.24. The highest BCUT2D eigenvalue weighted by Crippen LogP contribution is 2.32. The molecule has 0 saturated heterocycles. The first kappa shape index (κ1) is 13.6. The van der Waals surface area contributed by atoms with Gasteiger partial charge in [-0.1, -0.05) is 27.5 Å². The molecule has 0 aliphatic carbocycles. The third-order valence-corrected chi connectivity index (χ3v) is 3.25. The van der Waals surface area contributed by atoms with Gasteiger partial charge in [-0.2, -0.15) is 0 Å². The maximum absolute atomic E-state index is 10.6. The minimum absolute atomic E-state index is 0.0510. The van der Waals surface area contributed by atoms with Crippen LogP contribution in [0.1, 0.15) is 0 Å². The zero-order valence-corrected chi connectivity index (χ0v) is 11.9. The highest BCUT2D eigenvalue weighted by molar-refractivity contribution is 9.10. The predicted molar refractivity (Wildman–Crippen MR) is 79.9 cm³/mol. The molecule has 7 heteroatoms. The Bertz CT molecular complexity index is 649. The number of benzene rings is 2. The van der Waals surface area contributed by atoms with Crippen molar-refractivity contribution in [2.75, 3.05) is 11.1 Å². The van der Waals surface area contributed by atoms with Crippen LogP contribution in [0.5, 0.6) is 0 Å². The number of hydrogen-bond donors (Lipinski definition) is 2. The topological polar surface area (TPSA) is 81.2 Å². The number of nitrogens with zero attached hydrogens (tertiary/aromatic N) is 1. The lowest BCUT2D eigenvalue weighted by Crippen LogP contribution is -1.98. The minimum atomic E-state index is -0.493. The molecule has 0 atom stereocenters. The van der Waals surface area contributed by atoms with E-state index in [4.69, 9.17) is 17.3 Å². The van der Waals surface area contributed by atoms with Gasteiger partial charge in [0.05, 0.1) is 27.0 Å². The van der Waals surface area contributed by atoms with E-state index in [9.17, 15) is 10.1 Å². The van der Waals surface area contributed by atoms with Gasteiger partial charge in [-0.15, -0.1) is 0 Å². The highest BCUT2D eigenvalue weighted by Gasteiger charge is 2.09. The smallest absolute Gasteiger partial charge is 0.271 e. The third-order valence-electron chi connectivity index (χ3n) is 2.45. The first-order valence-electron chi connectivity index (χ1n) is 5.23. The monoisotopic (exact) mass is 341 g/mol. The molecule has 0 saturated carbocycles. The van der Waals surface area contributed by atoms with Crippen LogP contribution in [0.2, 0.25) is 5.02 Å². The van der Waals surface area contributed by atoms with Crippen LogP contribution in [0.15, 0.2) is 40.9 Å². The first-order valence-corrected chi connectivity index (χ1v) is 6.40. The molecule has 0 fully saturated rings. The van der Waals surface area contributed by atoms with Gasteiger partial charge in [0.15, 0.2) is 0 Å². The second-order valence-electron chi connectivity index (χ2n) is 3.78. The summed E-state index contributed by atoms with van der Waals surface area (Å²) in [7, 11) is 0. The molecule has 98 valence electrons. The van der Waals surface area contributed by atoms with Crippen LogP contribution in [-0.4, -0.2) is 4.92 Å². The molecule has 2 aromatic carbocycles. The molecule has 0 aliphatic heterocycles. The van der Waals surface area contributed by atoms with E-state index in [0.29, 0.717) is 16.4 Å². The van der Waals surface area contributed by atoms with Crippen LogP contribution in [0.3, 0.4) is 0 Å². The Morgan fingerprint density at radius 3 is 2.47 bits per heavy atom. The van der Waals surface area contributed by atoms with Gasteiger partial charge in [-0.05, 0) is 24.3 Å². The van der Waals surface area contributed by atoms with Crippen LogP contribution >= 0.6 is 27.5 Å². The van der Waals surface area contributed by atoms with Crippen molar-refractivity contribution in [2.24, 2.45) is 0 Å². The highest BCUT2D eigenvalue weighted by atomic mass is 79.9. The average Bonchev–Trinajstić information content (AvgIpc) is 2.34. The van der Waals surface area contributed by atoms with Gasteiger partial charge in [0.2, 0.25) is 0 Å². The molecule has 0 aliphatic rings. The minimum Gasteiger partial charge on any atom is -0.397 e. The fraction of sp³-hybridized carbons (Fsp3) is 0. The van der Waals surface area contributed by atoms with E-state index in [1.165, 1.54) is 12.1 Å². The molecule has 0 heterocycles. The zero-order valence-electron chi connectivity index (χ0n) is 9.56. The summed E-state index contributed by atoms with van der Waals surface area (Å²) in [4.78, 5) is 10.1. The van der Waals surface area contributed by atoms with Crippen molar-refractivity contribution in [1.29, 1.82) is 0 Å². The standard InChI is InChI=1S/C12H9BrClN3O2/c13-7-1-3-11(9(14)5-7)16-12-4-2-8(17(18)19)6-10(12)15/h1-6,16H,15H2. The maximum Gasteiger partial charge on any atom is 0.271 e. The number of anilines is 3. The molecular weight excluding hydrogens is 334 g/mol. The predicted octanol–water partition coefficient (Wildman–Crippen LogP) is 4.34. The lowest BCUT2D eigenvalue weighted by molar-refractivity contribution is -0.384. The maximum atomic E-state index is 10.6. The number of nitrogens with one attached hydrogen (secondary N) is 1. The van der Waals surface area contributed by atoms with Gasteiger partial charge < -0.3 is 11.1 Å².